The van der Waals surface area contributed by atoms with Gasteiger partial charge in [0.15, 0.2) is 0 Å². The molecule has 2 aromatic rings. The fourth-order valence-corrected chi connectivity index (χ4v) is 2.70. The third kappa shape index (κ3) is 3.77. The molecule has 1 saturated carbocycles. The van der Waals surface area contributed by atoms with E-state index >= 15 is 0 Å². The van der Waals surface area contributed by atoms with E-state index < -0.39 is 5.91 Å². The lowest BCUT2D eigenvalue weighted by molar-refractivity contribution is -0.136. The average molecular weight is 309 g/mol. The summed E-state index contributed by atoms with van der Waals surface area (Å²) in [5, 5.41) is 0. The van der Waals surface area contributed by atoms with Crippen LogP contribution >= 0.6 is 0 Å². The molecule has 0 spiro atoms. The van der Waals surface area contributed by atoms with Crippen LogP contribution in [0.4, 0.5) is 0 Å². The third-order valence-corrected chi connectivity index (χ3v) is 4.23. The zero-order valence-corrected chi connectivity index (χ0v) is 12.8. The van der Waals surface area contributed by atoms with Crippen molar-refractivity contribution in [3.63, 3.8) is 0 Å². The number of benzene rings is 2. The van der Waals surface area contributed by atoms with E-state index in [-0.39, 0.29) is 5.97 Å². The summed E-state index contributed by atoms with van der Waals surface area (Å²) in [5.41, 5.74) is 7.50. The lowest BCUT2D eigenvalue weighted by Crippen LogP contribution is -2.19. The fourth-order valence-electron chi connectivity index (χ4n) is 2.70. The van der Waals surface area contributed by atoms with Crippen LogP contribution in [0.15, 0.2) is 48.5 Å². The Morgan fingerprint density at radius 3 is 2.39 bits per heavy atom. The Kier molecular flexibility index (Phi) is 4.42. The van der Waals surface area contributed by atoms with Crippen molar-refractivity contribution in [2.24, 2.45) is 11.7 Å². The van der Waals surface area contributed by atoms with Crippen LogP contribution in [-0.2, 0) is 4.79 Å². The van der Waals surface area contributed by atoms with Crippen LogP contribution in [0.2, 0.25) is 0 Å². The highest BCUT2D eigenvalue weighted by atomic mass is 16.5. The lowest BCUT2D eigenvalue weighted by Gasteiger charge is -2.23. The molecule has 0 atom stereocenters. The summed E-state index contributed by atoms with van der Waals surface area (Å²) in [4.78, 5) is 23.2. The number of primary amides is 1. The van der Waals surface area contributed by atoms with Crippen LogP contribution in [0.3, 0.4) is 0 Å². The molecule has 0 aliphatic heterocycles. The van der Waals surface area contributed by atoms with Gasteiger partial charge in [0.1, 0.15) is 5.75 Å². The van der Waals surface area contributed by atoms with E-state index in [1.54, 1.807) is 30.3 Å². The molecule has 2 aromatic carbocycles. The molecule has 23 heavy (non-hydrogen) atoms. The van der Waals surface area contributed by atoms with E-state index in [1.165, 1.54) is 6.42 Å². The van der Waals surface area contributed by atoms with Crippen molar-refractivity contribution in [1.29, 1.82) is 0 Å². The van der Waals surface area contributed by atoms with Gasteiger partial charge in [0, 0.05) is 12.0 Å². The second-order valence-electron chi connectivity index (χ2n) is 5.95. The van der Waals surface area contributed by atoms with Crippen molar-refractivity contribution in [2.75, 3.05) is 0 Å². The van der Waals surface area contributed by atoms with Gasteiger partial charge in [-0.3, -0.25) is 9.59 Å². The molecular formula is C19H19NO3. The summed E-state index contributed by atoms with van der Waals surface area (Å²) in [6.45, 7) is 0. The summed E-state index contributed by atoms with van der Waals surface area (Å²) >= 11 is 0. The normalized spacial score (nSPS) is 14.1. The predicted octanol–water partition coefficient (Wildman–Crippen LogP) is 3.55. The number of esters is 1. The number of hydrogen-bond acceptors (Lipinski definition) is 3. The Balaban J connectivity index is 1.75. The van der Waals surface area contributed by atoms with Crippen LogP contribution in [0.1, 0.15) is 36.0 Å². The number of carbonyl (C=O) groups excluding carboxylic acids is 2. The molecule has 0 bridgehead atoms. The van der Waals surface area contributed by atoms with Gasteiger partial charge in [-0.1, -0.05) is 30.7 Å². The summed E-state index contributed by atoms with van der Waals surface area (Å²) in [6.07, 6.45) is 3.94. The number of hydrogen-bond donors (Lipinski definition) is 1. The van der Waals surface area contributed by atoms with E-state index in [0.29, 0.717) is 23.7 Å². The van der Waals surface area contributed by atoms with Crippen LogP contribution < -0.4 is 10.5 Å². The Morgan fingerprint density at radius 1 is 1.04 bits per heavy atom. The Labute approximate surface area is 135 Å². The van der Waals surface area contributed by atoms with Gasteiger partial charge in [-0.25, -0.2) is 0 Å². The third-order valence-electron chi connectivity index (χ3n) is 4.23. The molecule has 118 valence electrons. The molecule has 1 fully saturated rings. The number of carbonyl (C=O) groups is 2. The van der Waals surface area contributed by atoms with Crippen molar-refractivity contribution in [1.82, 2.24) is 0 Å². The smallest absolute Gasteiger partial charge is 0.311 e. The SMILES string of the molecule is NC(=O)c1cccc(-c2cccc(OC(=O)CC3CCC3)c2)c1. The van der Waals surface area contributed by atoms with Gasteiger partial charge in [0.2, 0.25) is 5.91 Å². The first-order chi connectivity index (χ1) is 11.1. The van der Waals surface area contributed by atoms with Crippen molar-refractivity contribution in [3.8, 4) is 16.9 Å². The van der Waals surface area contributed by atoms with Gasteiger partial charge in [-0.15, -0.1) is 0 Å². The Bertz CT molecular complexity index is 735. The molecule has 0 saturated heterocycles. The van der Waals surface area contributed by atoms with Gasteiger partial charge < -0.3 is 10.5 Å². The molecule has 0 aromatic heterocycles. The maximum atomic E-state index is 11.9. The maximum Gasteiger partial charge on any atom is 0.311 e. The van der Waals surface area contributed by atoms with Gasteiger partial charge >= 0.3 is 5.97 Å². The highest BCUT2D eigenvalue weighted by Gasteiger charge is 2.21. The summed E-state index contributed by atoms with van der Waals surface area (Å²) < 4.78 is 5.43. The lowest BCUT2D eigenvalue weighted by atomic mass is 9.83. The quantitative estimate of drug-likeness (QED) is 0.678. The monoisotopic (exact) mass is 309 g/mol. The minimum Gasteiger partial charge on any atom is -0.426 e. The van der Waals surface area contributed by atoms with Gasteiger partial charge in [-0.2, -0.15) is 0 Å². The van der Waals surface area contributed by atoms with Crippen LogP contribution in [0.5, 0.6) is 5.75 Å². The van der Waals surface area contributed by atoms with E-state index in [4.69, 9.17) is 10.5 Å². The first kappa shape index (κ1) is 15.3. The molecule has 3 rings (SSSR count). The van der Waals surface area contributed by atoms with Crippen molar-refractivity contribution >= 4 is 11.9 Å². The van der Waals surface area contributed by atoms with Gasteiger partial charge in [0.25, 0.3) is 0 Å². The topological polar surface area (TPSA) is 69.4 Å². The molecular weight excluding hydrogens is 290 g/mol. The van der Waals surface area contributed by atoms with Crippen molar-refractivity contribution < 1.29 is 14.3 Å². The molecule has 2 N–H and O–H groups in total. The minimum atomic E-state index is -0.463. The van der Waals surface area contributed by atoms with Crippen LogP contribution in [0, 0.1) is 5.92 Å². The predicted molar refractivity (Wildman–Crippen MR) is 88.0 cm³/mol. The van der Waals surface area contributed by atoms with E-state index in [9.17, 15) is 9.59 Å². The second kappa shape index (κ2) is 6.65. The molecule has 1 aliphatic rings. The van der Waals surface area contributed by atoms with E-state index in [1.807, 2.05) is 18.2 Å². The summed E-state index contributed by atoms with van der Waals surface area (Å²) in [7, 11) is 0. The highest BCUT2D eigenvalue weighted by Crippen LogP contribution is 2.30. The highest BCUT2D eigenvalue weighted by molar-refractivity contribution is 5.94. The fraction of sp³-hybridized carbons (Fsp3) is 0.263. The van der Waals surface area contributed by atoms with Crippen LogP contribution in [0.25, 0.3) is 11.1 Å². The number of rotatable bonds is 5. The zero-order valence-electron chi connectivity index (χ0n) is 12.8. The standard InChI is InChI=1S/C19H19NO3/c20-19(22)16-8-2-6-14(11-16)15-7-3-9-17(12-15)23-18(21)10-13-4-1-5-13/h2-3,6-9,11-13H,1,4-5,10H2,(H2,20,22). The molecule has 4 heteroatoms. The largest absolute Gasteiger partial charge is 0.426 e. The number of nitrogens with two attached hydrogens (primary N) is 1. The number of ether oxygens (including phenoxy) is 1. The van der Waals surface area contributed by atoms with E-state index in [0.717, 1.165) is 24.0 Å². The molecule has 0 unspecified atom stereocenters. The van der Waals surface area contributed by atoms with Crippen molar-refractivity contribution in [2.45, 2.75) is 25.7 Å². The first-order valence-corrected chi connectivity index (χ1v) is 7.83. The summed E-state index contributed by atoms with van der Waals surface area (Å²) in [5.74, 6) is 0.363. The molecule has 1 amide bonds. The van der Waals surface area contributed by atoms with Gasteiger partial charge in [-0.05, 0) is 54.2 Å². The minimum absolute atomic E-state index is 0.183. The zero-order chi connectivity index (χ0) is 16.2. The molecule has 0 heterocycles. The molecule has 1 aliphatic carbocycles. The average Bonchev–Trinajstić information content (AvgIpc) is 2.51. The summed E-state index contributed by atoms with van der Waals surface area (Å²) in [6, 6.07) is 14.4. The van der Waals surface area contributed by atoms with Gasteiger partial charge in [0.05, 0.1) is 0 Å². The van der Waals surface area contributed by atoms with E-state index in [2.05, 4.69) is 0 Å². The Morgan fingerprint density at radius 2 is 1.74 bits per heavy atom. The van der Waals surface area contributed by atoms with Crippen molar-refractivity contribution in [3.05, 3.63) is 54.1 Å². The Hall–Kier alpha value is -2.62. The maximum absolute atomic E-state index is 11.9. The van der Waals surface area contributed by atoms with Crippen LogP contribution in [-0.4, -0.2) is 11.9 Å². The number of amides is 1. The molecule has 4 nitrogen and oxygen atoms in total. The first-order valence-electron chi connectivity index (χ1n) is 7.83. The second-order valence-corrected chi connectivity index (χ2v) is 5.95. The molecule has 0 radical (unpaired) electrons.